The van der Waals surface area contributed by atoms with Crippen LogP contribution < -0.4 is 0 Å². The van der Waals surface area contributed by atoms with E-state index in [-0.39, 0.29) is 23.0 Å². The molecule has 0 aromatic heterocycles. The number of non-ortho nitro benzene ring substituents is 1. The molecule has 0 radical (unpaired) electrons. The second-order valence-corrected chi connectivity index (χ2v) is 6.99. The van der Waals surface area contributed by atoms with E-state index in [1.807, 2.05) is 13.8 Å². The Morgan fingerprint density at radius 3 is 2.30 bits per heavy atom. The predicted octanol–water partition coefficient (Wildman–Crippen LogP) is 3.54. The van der Waals surface area contributed by atoms with Gasteiger partial charge in [-0.05, 0) is 31.9 Å². The van der Waals surface area contributed by atoms with Crippen molar-refractivity contribution in [3.8, 4) is 0 Å². The van der Waals surface area contributed by atoms with Crippen molar-refractivity contribution in [2.45, 2.75) is 26.2 Å². The third-order valence-electron chi connectivity index (χ3n) is 4.81. The summed E-state index contributed by atoms with van der Waals surface area (Å²) < 4.78 is 0. The van der Waals surface area contributed by atoms with E-state index in [9.17, 15) is 19.7 Å². The van der Waals surface area contributed by atoms with E-state index < -0.39 is 16.6 Å². The molecule has 1 atom stereocenters. The van der Waals surface area contributed by atoms with Crippen molar-refractivity contribution in [3.63, 3.8) is 0 Å². The zero-order chi connectivity index (χ0) is 19.7. The van der Waals surface area contributed by atoms with E-state index in [4.69, 9.17) is 5.11 Å². The first-order valence-corrected chi connectivity index (χ1v) is 8.65. The number of nitro benzene ring substituents is 1. The van der Waals surface area contributed by atoms with E-state index in [0.717, 1.165) is 18.6 Å². The highest BCUT2D eigenvalue weighted by Crippen LogP contribution is 2.30. The van der Waals surface area contributed by atoms with Gasteiger partial charge in [0.1, 0.15) is 0 Å². The van der Waals surface area contributed by atoms with Crippen LogP contribution in [0.1, 0.15) is 49.7 Å². The SMILES string of the molecule is Cc1cc(C)cc(C2CCN(C(=O)c3cc(C(=O)O)cc([N+](=O)[O-])c3)C2)c1. The molecule has 0 spiro atoms. The summed E-state index contributed by atoms with van der Waals surface area (Å²) in [4.78, 5) is 36.0. The Morgan fingerprint density at radius 1 is 1.07 bits per heavy atom. The fourth-order valence-corrected chi connectivity index (χ4v) is 3.61. The fraction of sp³-hybridized carbons (Fsp3) is 0.300. The van der Waals surface area contributed by atoms with Crippen LogP contribution in [0.5, 0.6) is 0 Å². The molecule has 2 aromatic carbocycles. The number of nitrogens with zero attached hydrogens (tertiary/aromatic N) is 2. The van der Waals surface area contributed by atoms with Crippen LogP contribution in [0.15, 0.2) is 36.4 Å². The van der Waals surface area contributed by atoms with Gasteiger partial charge in [-0.1, -0.05) is 29.3 Å². The zero-order valence-corrected chi connectivity index (χ0v) is 15.1. The molecule has 27 heavy (non-hydrogen) atoms. The first-order valence-electron chi connectivity index (χ1n) is 8.65. The second kappa shape index (κ2) is 7.19. The number of aryl methyl sites for hydroxylation is 2. The van der Waals surface area contributed by atoms with E-state index in [0.29, 0.717) is 13.1 Å². The Hall–Kier alpha value is -3.22. The summed E-state index contributed by atoms with van der Waals surface area (Å²) in [7, 11) is 0. The molecule has 1 saturated heterocycles. The lowest BCUT2D eigenvalue weighted by Crippen LogP contribution is -2.28. The predicted molar refractivity (Wildman–Crippen MR) is 99.2 cm³/mol. The number of nitro groups is 1. The summed E-state index contributed by atoms with van der Waals surface area (Å²) in [6.45, 7) is 5.10. The number of carboxylic acids is 1. The summed E-state index contributed by atoms with van der Waals surface area (Å²) in [5, 5.41) is 20.2. The molecule has 1 N–H and O–H groups in total. The number of carboxylic acid groups (broad SMARTS) is 1. The maximum atomic E-state index is 12.8. The van der Waals surface area contributed by atoms with Crippen molar-refractivity contribution in [2.75, 3.05) is 13.1 Å². The lowest BCUT2D eigenvalue weighted by Gasteiger charge is -2.17. The van der Waals surface area contributed by atoms with Crippen molar-refractivity contribution in [1.29, 1.82) is 0 Å². The van der Waals surface area contributed by atoms with Gasteiger partial charge in [-0.25, -0.2) is 4.79 Å². The summed E-state index contributed by atoms with van der Waals surface area (Å²) in [6.07, 6.45) is 0.801. The average molecular weight is 368 g/mol. The number of carbonyl (C=O) groups is 2. The Morgan fingerprint density at radius 2 is 1.70 bits per heavy atom. The Balaban J connectivity index is 1.84. The maximum Gasteiger partial charge on any atom is 0.335 e. The van der Waals surface area contributed by atoms with E-state index in [1.54, 1.807) is 4.90 Å². The van der Waals surface area contributed by atoms with Gasteiger partial charge >= 0.3 is 5.97 Å². The minimum absolute atomic E-state index is 0.0303. The van der Waals surface area contributed by atoms with E-state index in [1.165, 1.54) is 22.8 Å². The van der Waals surface area contributed by atoms with Crippen LogP contribution in [0.25, 0.3) is 0 Å². The normalized spacial score (nSPS) is 16.4. The monoisotopic (exact) mass is 368 g/mol. The number of carbonyl (C=O) groups excluding carboxylic acids is 1. The third kappa shape index (κ3) is 3.97. The maximum absolute atomic E-state index is 12.8. The topological polar surface area (TPSA) is 101 Å². The Labute approximate surface area is 156 Å². The summed E-state index contributed by atoms with van der Waals surface area (Å²) in [5.41, 5.74) is 2.87. The highest BCUT2D eigenvalue weighted by molar-refractivity contribution is 5.98. The Kier molecular flexibility index (Phi) is 4.94. The molecular formula is C20H20N2O5. The van der Waals surface area contributed by atoms with Crippen LogP contribution in [0.3, 0.4) is 0 Å². The van der Waals surface area contributed by atoms with Gasteiger partial charge in [0.05, 0.1) is 10.5 Å². The zero-order valence-electron chi connectivity index (χ0n) is 15.1. The van der Waals surface area contributed by atoms with Crippen LogP contribution >= 0.6 is 0 Å². The van der Waals surface area contributed by atoms with Gasteiger partial charge in [-0.3, -0.25) is 14.9 Å². The lowest BCUT2D eigenvalue weighted by atomic mass is 9.95. The molecule has 0 bridgehead atoms. The van der Waals surface area contributed by atoms with Crippen LogP contribution in [0, 0.1) is 24.0 Å². The molecular weight excluding hydrogens is 348 g/mol. The fourth-order valence-electron chi connectivity index (χ4n) is 3.61. The van der Waals surface area contributed by atoms with Crippen molar-refractivity contribution >= 4 is 17.6 Å². The molecule has 1 aliphatic rings. The molecule has 7 heteroatoms. The minimum atomic E-state index is -1.30. The summed E-state index contributed by atoms with van der Waals surface area (Å²) in [6, 6.07) is 9.61. The van der Waals surface area contributed by atoms with Crippen molar-refractivity contribution in [3.05, 3.63) is 74.3 Å². The summed E-state index contributed by atoms with van der Waals surface area (Å²) >= 11 is 0. The number of rotatable bonds is 4. The average Bonchev–Trinajstić information content (AvgIpc) is 3.10. The van der Waals surface area contributed by atoms with E-state index in [2.05, 4.69) is 18.2 Å². The molecule has 0 saturated carbocycles. The molecule has 1 heterocycles. The number of benzene rings is 2. The molecule has 1 aliphatic heterocycles. The number of amides is 1. The molecule has 140 valence electrons. The number of hydrogen-bond donors (Lipinski definition) is 1. The first-order chi connectivity index (χ1) is 12.7. The quantitative estimate of drug-likeness (QED) is 0.657. The summed E-state index contributed by atoms with van der Waals surface area (Å²) in [5.74, 6) is -1.49. The number of hydrogen-bond acceptors (Lipinski definition) is 4. The van der Waals surface area contributed by atoms with Crippen molar-refractivity contribution in [2.24, 2.45) is 0 Å². The molecule has 0 aliphatic carbocycles. The van der Waals surface area contributed by atoms with Gasteiger partial charge in [-0.15, -0.1) is 0 Å². The van der Waals surface area contributed by atoms with Crippen LogP contribution in [-0.4, -0.2) is 39.9 Å². The number of likely N-dealkylation sites (tertiary alicyclic amines) is 1. The highest BCUT2D eigenvalue weighted by Gasteiger charge is 2.29. The molecule has 3 rings (SSSR count). The van der Waals surface area contributed by atoms with Gasteiger partial charge in [0.2, 0.25) is 0 Å². The largest absolute Gasteiger partial charge is 0.478 e. The van der Waals surface area contributed by atoms with Gasteiger partial charge in [0.25, 0.3) is 11.6 Å². The highest BCUT2D eigenvalue weighted by atomic mass is 16.6. The standard InChI is InChI=1S/C20H20N2O5/c1-12-5-13(2)7-15(6-12)14-3-4-21(11-14)19(23)16-8-17(20(24)25)10-18(9-16)22(26)27/h5-10,14H,3-4,11H2,1-2H3,(H,24,25). The molecule has 1 unspecified atom stereocenters. The lowest BCUT2D eigenvalue weighted by molar-refractivity contribution is -0.384. The molecule has 2 aromatic rings. The Bertz CT molecular complexity index is 885. The van der Waals surface area contributed by atoms with Crippen LogP contribution in [0.4, 0.5) is 5.69 Å². The number of aromatic carboxylic acids is 1. The van der Waals surface area contributed by atoms with Crippen molar-refractivity contribution in [1.82, 2.24) is 4.90 Å². The minimum Gasteiger partial charge on any atom is -0.478 e. The molecule has 1 fully saturated rings. The smallest absolute Gasteiger partial charge is 0.335 e. The van der Waals surface area contributed by atoms with Crippen LogP contribution in [0.2, 0.25) is 0 Å². The van der Waals surface area contributed by atoms with E-state index >= 15 is 0 Å². The second-order valence-electron chi connectivity index (χ2n) is 6.99. The van der Waals surface area contributed by atoms with Gasteiger partial charge in [0, 0.05) is 36.7 Å². The van der Waals surface area contributed by atoms with Crippen molar-refractivity contribution < 1.29 is 19.6 Å². The van der Waals surface area contributed by atoms with Gasteiger partial charge in [0.15, 0.2) is 0 Å². The van der Waals surface area contributed by atoms with Gasteiger partial charge < -0.3 is 10.0 Å². The third-order valence-corrected chi connectivity index (χ3v) is 4.81. The van der Waals surface area contributed by atoms with Crippen LogP contribution in [-0.2, 0) is 0 Å². The molecule has 1 amide bonds. The van der Waals surface area contributed by atoms with Gasteiger partial charge in [-0.2, -0.15) is 0 Å². The first kappa shape index (κ1) is 18.6. The molecule has 7 nitrogen and oxygen atoms in total.